The van der Waals surface area contributed by atoms with E-state index in [9.17, 15) is 4.79 Å². The van der Waals surface area contributed by atoms with Crippen LogP contribution in [-0.4, -0.2) is 12.1 Å². The summed E-state index contributed by atoms with van der Waals surface area (Å²) in [5, 5.41) is 0. The van der Waals surface area contributed by atoms with Crippen molar-refractivity contribution in [3.05, 3.63) is 72.4 Å². The van der Waals surface area contributed by atoms with Gasteiger partial charge in [0.2, 0.25) is 0 Å². The minimum atomic E-state index is 0.0638. The van der Waals surface area contributed by atoms with Gasteiger partial charge in [0.25, 0.3) is 0 Å². The summed E-state index contributed by atoms with van der Waals surface area (Å²) < 4.78 is 6.18. The largest absolute Gasteiger partial charge is 0.462 e. The van der Waals surface area contributed by atoms with Crippen molar-refractivity contribution >= 4 is 5.97 Å². The molecule has 2 nitrogen and oxygen atoms in total. The van der Waals surface area contributed by atoms with Crippen LogP contribution in [0.4, 0.5) is 0 Å². The lowest BCUT2D eigenvalue weighted by Crippen LogP contribution is -2.51. The van der Waals surface area contributed by atoms with Crippen LogP contribution in [0.15, 0.2) is 72.4 Å². The molecule has 0 spiro atoms. The third-order valence-electron chi connectivity index (χ3n) is 17.5. The summed E-state index contributed by atoms with van der Waals surface area (Å²) >= 11 is 0. The van der Waals surface area contributed by atoms with Crippen molar-refractivity contribution in [2.75, 3.05) is 0 Å². The fourth-order valence-corrected chi connectivity index (χ4v) is 13.5. The summed E-state index contributed by atoms with van der Waals surface area (Å²) in [5.41, 5.74) is 2.52. The van der Waals surface area contributed by atoms with Gasteiger partial charge in [-0.1, -0.05) is 230 Å². The summed E-state index contributed by atoms with van der Waals surface area (Å²) in [5.74, 6) is 5.31. The van der Waals surface area contributed by atoms with Gasteiger partial charge in [0.15, 0.2) is 0 Å². The summed E-state index contributed by atoms with van der Waals surface area (Å²) in [6.07, 6.45) is 70.4. The third kappa shape index (κ3) is 20.2. The van der Waals surface area contributed by atoms with Crippen LogP contribution in [0.5, 0.6) is 0 Å². The van der Waals surface area contributed by atoms with Gasteiger partial charge in [-0.05, 0) is 143 Å². The van der Waals surface area contributed by atoms with E-state index in [4.69, 9.17) is 4.74 Å². The molecule has 8 unspecified atom stereocenters. The molecule has 2 heteroatoms. The summed E-state index contributed by atoms with van der Waals surface area (Å²) in [4.78, 5) is 12.9. The monoisotopic (exact) mass is 895 g/mol. The molecule has 0 bridgehead atoms. The first-order valence-corrected chi connectivity index (χ1v) is 28.8. The predicted molar refractivity (Wildman–Crippen MR) is 285 cm³/mol. The maximum Gasteiger partial charge on any atom is 0.306 e. The van der Waals surface area contributed by atoms with Crippen LogP contribution in [0.2, 0.25) is 0 Å². The van der Waals surface area contributed by atoms with Crippen LogP contribution in [0.1, 0.15) is 266 Å². The van der Waals surface area contributed by atoms with E-state index in [-0.39, 0.29) is 12.1 Å². The van der Waals surface area contributed by atoms with Gasteiger partial charge in [-0.2, -0.15) is 0 Å². The first-order chi connectivity index (χ1) is 31.7. The molecular formula is C63H106O2. The van der Waals surface area contributed by atoms with E-state index in [1.54, 1.807) is 5.57 Å². The molecule has 0 saturated heterocycles. The Bertz CT molecular complexity index is 1440. The Labute approximate surface area is 404 Å². The molecule has 0 heterocycles. The van der Waals surface area contributed by atoms with Gasteiger partial charge in [0.05, 0.1) is 0 Å². The minimum Gasteiger partial charge on any atom is -0.462 e. The van der Waals surface area contributed by atoms with Crippen LogP contribution in [0.25, 0.3) is 0 Å². The van der Waals surface area contributed by atoms with Crippen molar-refractivity contribution < 1.29 is 9.53 Å². The van der Waals surface area contributed by atoms with Crippen LogP contribution < -0.4 is 0 Å². The highest BCUT2D eigenvalue weighted by Crippen LogP contribution is 2.67. The predicted octanol–water partition coefficient (Wildman–Crippen LogP) is 20.1. The lowest BCUT2D eigenvalue weighted by Gasteiger charge is -2.58. The maximum atomic E-state index is 12.9. The van der Waals surface area contributed by atoms with Crippen LogP contribution in [0, 0.1) is 46.3 Å². The number of fused-ring (bicyclic) bond motifs is 5. The van der Waals surface area contributed by atoms with Gasteiger partial charge < -0.3 is 4.74 Å². The van der Waals surface area contributed by atoms with E-state index in [1.165, 1.54) is 167 Å². The Morgan fingerprint density at radius 1 is 0.600 bits per heavy atom. The molecule has 0 N–H and O–H groups in total. The Hall–Kier alpha value is -2.09. The smallest absolute Gasteiger partial charge is 0.306 e. The van der Waals surface area contributed by atoms with Gasteiger partial charge in [-0.25, -0.2) is 0 Å². The van der Waals surface area contributed by atoms with E-state index >= 15 is 0 Å². The molecule has 4 aliphatic rings. The molecule has 3 saturated carbocycles. The van der Waals surface area contributed by atoms with Gasteiger partial charge in [0, 0.05) is 12.8 Å². The fourth-order valence-electron chi connectivity index (χ4n) is 13.5. The van der Waals surface area contributed by atoms with Crippen molar-refractivity contribution in [1.29, 1.82) is 0 Å². The first kappa shape index (κ1) is 55.5. The normalized spacial score (nSPS) is 27.4. The van der Waals surface area contributed by atoms with Crippen molar-refractivity contribution in [2.45, 2.75) is 272 Å². The number of unbranched alkanes of at least 4 members (excludes halogenated alkanes) is 17. The second kappa shape index (κ2) is 32.6. The van der Waals surface area contributed by atoms with Crippen molar-refractivity contribution in [3.63, 3.8) is 0 Å². The highest BCUT2D eigenvalue weighted by atomic mass is 16.5. The van der Waals surface area contributed by atoms with Crippen LogP contribution >= 0.6 is 0 Å². The molecule has 4 aliphatic carbocycles. The Kier molecular flexibility index (Phi) is 27.9. The zero-order valence-corrected chi connectivity index (χ0v) is 44.0. The van der Waals surface area contributed by atoms with Crippen molar-refractivity contribution in [1.82, 2.24) is 0 Å². The maximum absolute atomic E-state index is 12.9. The molecule has 3 fully saturated rings. The Morgan fingerprint density at radius 2 is 1.12 bits per heavy atom. The highest BCUT2D eigenvalue weighted by Gasteiger charge is 2.59. The van der Waals surface area contributed by atoms with Gasteiger partial charge in [0.1, 0.15) is 6.10 Å². The van der Waals surface area contributed by atoms with E-state index in [2.05, 4.69) is 108 Å². The molecular weight excluding hydrogens is 789 g/mol. The minimum absolute atomic E-state index is 0.0638. The van der Waals surface area contributed by atoms with E-state index in [1.807, 2.05) is 0 Å². The molecule has 0 aromatic rings. The molecule has 0 aliphatic heterocycles. The standard InChI is InChI=1S/C63H106O2/c1-7-8-9-10-11-12-13-14-15-16-17-18-19-20-21-22-23-24-25-26-27-28-29-30-31-32-33-34-35-36-37-38-39-43-61(64)65-56-48-50-62(5)55(52-56)44-45-57-59-47-46-58(54(4)42-40-41-53(2)3)63(59,6)51-49-60(57)62/h8-9,11-12,14-15,17-18,20-21,44,53-54,56-60H,7,10,13,16,19,22-43,45-52H2,1-6H3/b9-8-,12-11-,15-14-,18-17-,21-20-. The molecule has 8 atom stereocenters. The summed E-state index contributed by atoms with van der Waals surface area (Å²) in [6, 6.07) is 0. The van der Waals surface area contributed by atoms with Crippen molar-refractivity contribution in [2.24, 2.45) is 46.3 Å². The molecule has 0 radical (unpaired) electrons. The Balaban J connectivity index is 0.904. The first-order valence-electron chi connectivity index (χ1n) is 28.8. The summed E-state index contributed by atoms with van der Waals surface area (Å²) in [6.45, 7) is 14.9. The topological polar surface area (TPSA) is 26.3 Å². The SMILES string of the molecule is CC/C=C\C/C=C\C/C=C\C/C=C\C/C=C\CCCCCCCCCCCCCCCCCCCC(=O)OC1CCC2(C)C(=CCC3C2CCC2(C)C(C(C)CCCC(C)C)CCC32)C1. The number of carbonyl (C=O) groups excluding carboxylic acids is 1. The number of carbonyl (C=O) groups is 1. The zero-order chi connectivity index (χ0) is 46.4. The number of allylic oxidation sites excluding steroid dienone is 11. The number of hydrogen-bond donors (Lipinski definition) is 0. The molecule has 0 aromatic heterocycles. The van der Waals surface area contributed by atoms with E-state index in [0.717, 1.165) is 86.9 Å². The van der Waals surface area contributed by atoms with Gasteiger partial charge in [-0.3, -0.25) is 4.79 Å². The second-order valence-electron chi connectivity index (χ2n) is 22.9. The fraction of sp³-hybridized carbons (Fsp3) is 0.794. The van der Waals surface area contributed by atoms with Crippen molar-refractivity contribution in [3.8, 4) is 0 Å². The molecule has 370 valence electrons. The third-order valence-corrected chi connectivity index (χ3v) is 17.5. The summed E-state index contributed by atoms with van der Waals surface area (Å²) in [7, 11) is 0. The van der Waals surface area contributed by atoms with Gasteiger partial charge in [-0.15, -0.1) is 0 Å². The zero-order valence-electron chi connectivity index (χ0n) is 44.0. The van der Waals surface area contributed by atoms with E-state index in [0.29, 0.717) is 17.3 Å². The average Bonchev–Trinajstić information content (AvgIpc) is 3.65. The molecule has 0 amide bonds. The number of hydrogen-bond acceptors (Lipinski definition) is 2. The number of ether oxygens (including phenoxy) is 1. The highest BCUT2D eigenvalue weighted by molar-refractivity contribution is 5.69. The Morgan fingerprint density at radius 3 is 1.68 bits per heavy atom. The molecule has 0 aromatic carbocycles. The lowest BCUT2D eigenvalue weighted by atomic mass is 9.47. The number of rotatable bonds is 35. The molecule has 65 heavy (non-hydrogen) atoms. The van der Waals surface area contributed by atoms with Crippen LogP contribution in [0.3, 0.4) is 0 Å². The molecule has 4 rings (SSSR count). The quantitative estimate of drug-likeness (QED) is 0.0360. The van der Waals surface area contributed by atoms with Crippen LogP contribution in [-0.2, 0) is 9.53 Å². The second-order valence-corrected chi connectivity index (χ2v) is 22.9. The lowest BCUT2D eigenvalue weighted by molar-refractivity contribution is -0.151. The average molecular weight is 896 g/mol. The number of esters is 1. The van der Waals surface area contributed by atoms with Gasteiger partial charge >= 0.3 is 5.97 Å². The van der Waals surface area contributed by atoms with E-state index < -0.39 is 0 Å².